The molecule has 1 saturated heterocycles. The van der Waals surface area contributed by atoms with E-state index in [1.807, 2.05) is 34.6 Å². The summed E-state index contributed by atoms with van der Waals surface area (Å²) in [5.74, 6) is 0.641. The summed E-state index contributed by atoms with van der Waals surface area (Å²) in [5, 5.41) is 6.44. The van der Waals surface area contributed by atoms with Crippen molar-refractivity contribution in [2.75, 3.05) is 26.2 Å². The minimum Gasteiger partial charge on any atom is -0.352 e. The molecule has 1 saturated carbocycles. The Hall–Kier alpha value is -1.62. The van der Waals surface area contributed by atoms with Crippen molar-refractivity contribution in [3.8, 4) is 0 Å². The molecule has 0 aromatic rings. The molecule has 5 nitrogen and oxygen atoms in total. The van der Waals surface area contributed by atoms with Crippen molar-refractivity contribution < 1.29 is 4.79 Å². The van der Waals surface area contributed by atoms with Crippen LogP contribution < -0.4 is 10.6 Å². The van der Waals surface area contributed by atoms with Gasteiger partial charge in [0.2, 0.25) is 5.91 Å². The van der Waals surface area contributed by atoms with Crippen LogP contribution in [0.15, 0.2) is 28.4 Å². The van der Waals surface area contributed by atoms with Crippen LogP contribution in [0.2, 0.25) is 0 Å². The molecule has 1 aliphatic heterocycles. The lowest BCUT2D eigenvalue weighted by molar-refractivity contribution is -0.117. The van der Waals surface area contributed by atoms with Gasteiger partial charge in [-0.25, -0.2) is 0 Å². The highest BCUT2D eigenvalue weighted by molar-refractivity contribution is 5.94. The molecule has 2 rings (SSSR count). The van der Waals surface area contributed by atoms with E-state index in [4.69, 9.17) is 0 Å². The number of likely N-dealkylation sites (N-methyl/N-ethyl adjacent to an activating group) is 1. The summed E-state index contributed by atoms with van der Waals surface area (Å²) in [6.07, 6.45) is 12.5. The Balaban J connectivity index is 0.00000242. The normalized spacial score (nSPS) is 19.7. The number of aliphatic imine (C=N–C) groups is 1. The first-order valence-electron chi connectivity index (χ1n) is 13.7. The Morgan fingerprint density at radius 2 is 1.73 bits per heavy atom. The number of nitrogens with zero attached hydrogens (tertiary/aromatic N) is 2. The number of rotatable bonds is 11. The Bertz CT molecular complexity index is 591. The van der Waals surface area contributed by atoms with E-state index in [2.05, 4.69) is 41.0 Å². The molecule has 0 aromatic heterocycles. The van der Waals surface area contributed by atoms with Crippen LogP contribution in [-0.2, 0) is 4.79 Å². The van der Waals surface area contributed by atoms with Crippen LogP contribution in [0.4, 0.5) is 0 Å². The number of hydrogen-bond acceptors (Lipinski definition) is 3. The number of carbonyl (C=O) groups is 1. The molecule has 2 aliphatic rings. The monoisotopic (exact) mass is 462 g/mol. The second-order valence-corrected chi connectivity index (χ2v) is 8.63. The van der Waals surface area contributed by atoms with Gasteiger partial charge < -0.3 is 10.6 Å². The van der Waals surface area contributed by atoms with Crippen molar-refractivity contribution in [3.63, 3.8) is 0 Å². The van der Waals surface area contributed by atoms with Crippen LogP contribution >= 0.6 is 0 Å². The molecule has 2 N–H and O–H groups in total. The Labute approximate surface area is 205 Å². The second-order valence-electron chi connectivity index (χ2n) is 8.63. The minimum atomic E-state index is 0.0108. The van der Waals surface area contributed by atoms with E-state index < -0.39 is 0 Å². The standard InChI is InChI=1S/C24H42N4O.2C2H6/c1-5-11-19(3)23(27-18-25-17-22-14-10-15-28(22)6-2)20(4)24(29)26-16-21-12-8-7-9-13-21;2*1-2/h18,21-22H,3,5-17H2,1-2,4H3,(H,25,27)(H,26,29);2*1-2H3/b23-20-;;. The maximum absolute atomic E-state index is 12.8. The quantitative estimate of drug-likeness (QED) is 0.160. The molecule has 2 fully saturated rings. The van der Waals surface area contributed by atoms with E-state index in [0.717, 1.165) is 43.7 Å². The summed E-state index contributed by atoms with van der Waals surface area (Å²) < 4.78 is 0. The molecule has 5 heteroatoms. The van der Waals surface area contributed by atoms with Crippen LogP contribution in [0.1, 0.15) is 106 Å². The van der Waals surface area contributed by atoms with Crippen molar-refractivity contribution in [2.24, 2.45) is 10.9 Å². The molecule has 192 valence electrons. The highest BCUT2D eigenvalue weighted by Gasteiger charge is 2.22. The van der Waals surface area contributed by atoms with Gasteiger partial charge in [0.25, 0.3) is 0 Å². The van der Waals surface area contributed by atoms with Crippen LogP contribution in [-0.4, -0.2) is 49.4 Å². The number of amides is 1. The van der Waals surface area contributed by atoms with Crippen molar-refractivity contribution in [1.29, 1.82) is 0 Å². The molecule has 0 bridgehead atoms. The van der Waals surface area contributed by atoms with Crippen LogP contribution in [0.3, 0.4) is 0 Å². The number of nitrogens with one attached hydrogen (secondary N) is 2. The fraction of sp³-hybridized carbons (Fsp3) is 0.786. The fourth-order valence-corrected chi connectivity index (χ4v) is 4.58. The second kappa shape index (κ2) is 19.8. The van der Waals surface area contributed by atoms with Gasteiger partial charge in [-0.1, -0.05) is 73.8 Å². The SMILES string of the molecule is C=C(CCC)/C(NC=NCC1CCCN1CC)=C(\C)C(=O)NCC1CCCCC1.CC.CC. The third-order valence-corrected chi connectivity index (χ3v) is 6.42. The first kappa shape index (κ1) is 31.4. The predicted molar refractivity (Wildman–Crippen MR) is 146 cm³/mol. The van der Waals surface area contributed by atoms with Gasteiger partial charge in [0.05, 0.1) is 18.6 Å². The van der Waals surface area contributed by atoms with Gasteiger partial charge in [0.15, 0.2) is 0 Å². The van der Waals surface area contributed by atoms with E-state index in [-0.39, 0.29) is 5.91 Å². The maximum Gasteiger partial charge on any atom is 0.249 e. The van der Waals surface area contributed by atoms with Gasteiger partial charge in [-0.15, -0.1) is 0 Å². The zero-order valence-electron chi connectivity index (χ0n) is 22.9. The summed E-state index contributed by atoms with van der Waals surface area (Å²) in [6, 6.07) is 0.546. The first-order chi connectivity index (χ1) is 16.1. The molecule has 0 aromatic carbocycles. The van der Waals surface area contributed by atoms with Crippen molar-refractivity contribution >= 4 is 12.2 Å². The Kier molecular flexibility index (Phi) is 18.8. The highest BCUT2D eigenvalue weighted by atomic mass is 16.1. The van der Waals surface area contributed by atoms with Gasteiger partial charge >= 0.3 is 0 Å². The molecule has 1 unspecified atom stereocenters. The van der Waals surface area contributed by atoms with Crippen molar-refractivity contribution in [1.82, 2.24) is 15.5 Å². The lowest BCUT2D eigenvalue weighted by atomic mass is 9.89. The van der Waals surface area contributed by atoms with Crippen molar-refractivity contribution in [2.45, 2.75) is 112 Å². The highest BCUT2D eigenvalue weighted by Crippen LogP contribution is 2.23. The van der Waals surface area contributed by atoms with Crippen molar-refractivity contribution in [3.05, 3.63) is 23.4 Å². The molecular formula is C28H54N4O. The molecule has 0 radical (unpaired) electrons. The van der Waals surface area contributed by atoms with E-state index >= 15 is 0 Å². The molecule has 1 atom stereocenters. The van der Waals surface area contributed by atoms with Gasteiger partial charge in [-0.3, -0.25) is 14.7 Å². The number of hydrogen-bond donors (Lipinski definition) is 2. The Morgan fingerprint density at radius 3 is 2.33 bits per heavy atom. The van der Waals surface area contributed by atoms with Crippen LogP contribution in [0.25, 0.3) is 0 Å². The van der Waals surface area contributed by atoms with Crippen LogP contribution in [0, 0.1) is 5.92 Å². The Morgan fingerprint density at radius 1 is 1.06 bits per heavy atom. The summed E-state index contributed by atoms with van der Waals surface area (Å²) in [6.45, 7) is 22.3. The number of allylic oxidation sites excluding steroid dienone is 1. The molecule has 33 heavy (non-hydrogen) atoms. The fourth-order valence-electron chi connectivity index (χ4n) is 4.58. The summed E-state index contributed by atoms with van der Waals surface area (Å²) in [5.41, 5.74) is 2.51. The van der Waals surface area contributed by atoms with Gasteiger partial charge in [0, 0.05) is 18.2 Å². The zero-order chi connectivity index (χ0) is 25.1. The van der Waals surface area contributed by atoms with E-state index in [1.165, 1.54) is 51.5 Å². The van der Waals surface area contributed by atoms with Gasteiger partial charge in [-0.2, -0.15) is 0 Å². The zero-order valence-corrected chi connectivity index (χ0v) is 22.9. The van der Waals surface area contributed by atoms with Gasteiger partial charge in [-0.05, 0) is 63.6 Å². The molecule has 1 amide bonds. The summed E-state index contributed by atoms with van der Waals surface area (Å²) in [7, 11) is 0. The molecular weight excluding hydrogens is 408 g/mol. The maximum atomic E-state index is 12.8. The largest absolute Gasteiger partial charge is 0.352 e. The third-order valence-electron chi connectivity index (χ3n) is 6.42. The third kappa shape index (κ3) is 11.9. The number of likely N-dealkylation sites (tertiary alicyclic amines) is 1. The lowest BCUT2D eigenvalue weighted by Crippen LogP contribution is -2.33. The van der Waals surface area contributed by atoms with E-state index in [1.54, 1.807) is 6.34 Å². The predicted octanol–water partition coefficient (Wildman–Crippen LogP) is 6.47. The molecule has 1 aliphatic carbocycles. The van der Waals surface area contributed by atoms with E-state index in [0.29, 0.717) is 17.5 Å². The van der Waals surface area contributed by atoms with E-state index in [9.17, 15) is 4.79 Å². The smallest absolute Gasteiger partial charge is 0.249 e. The van der Waals surface area contributed by atoms with Crippen LogP contribution in [0.5, 0.6) is 0 Å². The topological polar surface area (TPSA) is 56.7 Å². The average molecular weight is 463 g/mol. The summed E-state index contributed by atoms with van der Waals surface area (Å²) >= 11 is 0. The average Bonchev–Trinajstić information content (AvgIpc) is 3.33. The minimum absolute atomic E-state index is 0.0108. The van der Waals surface area contributed by atoms with Gasteiger partial charge in [0.1, 0.15) is 0 Å². The first-order valence-corrected chi connectivity index (χ1v) is 13.7. The summed E-state index contributed by atoms with van der Waals surface area (Å²) in [4.78, 5) is 19.9. The molecule has 1 heterocycles. The molecule has 0 spiro atoms. The number of carbonyl (C=O) groups excluding carboxylic acids is 1. The lowest BCUT2D eigenvalue weighted by Gasteiger charge is -2.22.